The summed E-state index contributed by atoms with van der Waals surface area (Å²) in [4.78, 5) is 53.7. The quantitative estimate of drug-likeness (QED) is 0.363. The normalized spacial score (nSPS) is 18.8. The number of benzene rings is 2. The van der Waals surface area contributed by atoms with Crippen molar-refractivity contribution >= 4 is 51.7 Å². The van der Waals surface area contributed by atoms with Crippen LogP contribution < -0.4 is 16.0 Å². The van der Waals surface area contributed by atoms with Gasteiger partial charge in [0.1, 0.15) is 25.4 Å². The summed E-state index contributed by atoms with van der Waals surface area (Å²) in [6, 6.07) is 10.7. The highest BCUT2D eigenvalue weighted by molar-refractivity contribution is 6.05. The number of fused-ring (bicyclic) bond motifs is 1. The molecule has 5 rings (SSSR count). The molecule has 3 heterocycles. The highest BCUT2D eigenvalue weighted by atomic mass is 19.1. The summed E-state index contributed by atoms with van der Waals surface area (Å²) in [6.07, 6.45) is 0.665. The third-order valence-corrected chi connectivity index (χ3v) is 7.21. The van der Waals surface area contributed by atoms with Gasteiger partial charge in [-0.25, -0.2) is 9.18 Å². The van der Waals surface area contributed by atoms with Gasteiger partial charge in [0.25, 0.3) is 5.91 Å². The van der Waals surface area contributed by atoms with E-state index in [0.29, 0.717) is 28.8 Å². The Morgan fingerprint density at radius 2 is 2.02 bits per heavy atom. The third kappa shape index (κ3) is 5.98. The molecule has 1 aromatic heterocycles. The Hall–Kier alpha value is -5.40. The van der Waals surface area contributed by atoms with E-state index >= 15 is 0 Å². The number of aromatic nitrogens is 2. The molecular formula is C29H29FN8O5. The number of nitrogens with zero attached hydrogens (tertiary/aromatic N) is 6. The fourth-order valence-electron chi connectivity index (χ4n) is 5.14. The van der Waals surface area contributed by atoms with Gasteiger partial charge in [-0.3, -0.25) is 24.0 Å². The molecule has 2 aromatic carbocycles. The Balaban J connectivity index is 1.38. The van der Waals surface area contributed by atoms with E-state index in [-0.39, 0.29) is 31.8 Å². The predicted molar refractivity (Wildman–Crippen MR) is 156 cm³/mol. The number of alkyl halides is 1. The van der Waals surface area contributed by atoms with Gasteiger partial charge >= 0.3 is 6.09 Å². The summed E-state index contributed by atoms with van der Waals surface area (Å²) in [5.74, 6) is -1.96. The zero-order valence-electron chi connectivity index (χ0n) is 23.3. The number of hydrogen-bond acceptors (Lipinski definition) is 8. The molecule has 13 nitrogen and oxygen atoms in total. The molecule has 2 atom stereocenters. The van der Waals surface area contributed by atoms with Crippen molar-refractivity contribution in [2.24, 2.45) is 16.0 Å². The van der Waals surface area contributed by atoms with Crippen molar-refractivity contribution in [2.75, 3.05) is 29.9 Å². The van der Waals surface area contributed by atoms with Crippen LogP contribution in [0.2, 0.25) is 0 Å². The van der Waals surface area contributed by atoms with Crippen LogP contribution in [0, 0.1) is 0 Å². The number of carbonyl (C=O) groups is 4. The Kier molecular flexibility index (Phi) is 8.27. The Bertz CT molecular complexity index is 1680. The van der Waals surface area contributed by atoms with Crippen LogP contribution in [-0.2, 0) is 20.9 Å². The predicted octanol–water partition coefficient (Wildman–Crippen LogP) is 3.63. The fourth-order valence-corrected chi connectivity index (χ4v) is 5.14. The van der Waals surface area contributed by atoms with Gasteiger partial charge in [0, 0.05) is 18.0 Å². The molecule has 2 unspecified atom stereocenters. The van der Waals surface area contributed by atoms with Crippen LogP contribution in [0.25, 0.3) is 16.5 Å². The molecule has 43 heavy (non-hydrogen) atoms. The van der Waals surface area contributed by atoms with Crippen molar-refractivity contribution in [1.29, 1.82) is 0 Å². The number of nitrogens with two attached hydrogens (primary N) is 1. The van der Waals surface area contributed by atoms with E-state index in [9.17, 15) is 23.6 Å². The number of para-hydroxylation sites is 2. The molecule has 0 saturated carbocycles. The summed E-state index contributed by atoms with van der Waals surface area (Å²) >= 11 is 0. The number of cyclic esters (lactones) is 1. The van der Waals surface area contributed by atoms with Gasteiger partial charge in [-0.05, 0) is 42.3 Å². The van der Waals surface area contributed by atoms with E-state index in [1.54, 1.807) is 42.5 Å². The number of anilines is 2. The van der Waals surface area contributed by atoms with E-state index < -0.39 is 36.0 Å². The van der Waals surface area contributed by atoms with E-state index in [2.05, 4.69) is 27.2 Å². The highest BCUT2D eigenvalue weighted by Gasteiger charge is 2.40. The SMILES string of the molecule is C=CN=N/C=C(\C)c1ccc2c(c1)c(C(N)=O)nn2CC(=O)N1CC(F)CC1C(=O)Nc1ccccc1N1CCOC1=O. The number of allylic oxidation sites excluding steroid dienone is 1. The van der Waals surface area contributed by atoms with Crippen LogP contribution in [-0.4, -0.2) is 70.4 Å². The number of azo groups is 1. The van der Waals surface area contributed by atoms with E-state index in [0.717, 1.165) is 16.0 Å². The van der Waals surface area contributed by atoms with Gasteiger partial charge in [0.2, 0.25) is 11.8 Å². The van der Waals surface area contributed by atoms with Crippen LogP contribution in [0.4, 0.5) is 20.6 Å². The number of primary amides is 1. The fraction of sp³-hybridized carbons (Fsp3) is 0.276. The Morgan fingerprint density at radius 1 is 1.23 bits per heavy atom. The molecule has 14 heteroatoms. The number of likely N-dealkylation sites (tertiary alicyclic amines) is 1. The largest absolute Gasteiger partial charge is 0.447 e. The smallest absolute Gasteiger partial charge is 0.414 e. The summed E-state index contributed by atoms with van der Waals surface area (Å²) in [5, 5.41) is 15.0. The molecule has 3 N–H and O–H groups in total. The topological polar surface area (TPSA) is 165 Å². The summed E-state index contributed by atoms with van der Waals surface area (Å²) < 4.78 is 21.0. The first-order chi connectivity index (χ1) is 20.7. The van der Waals surface area contributed by atoms with Crippen LogP contribution in [0.1, 0.15) is 29.4 Å². The molecule has 2 fully saturated rings. The molecule has 0 spiro atoms. The van der Waals surface area contributed by atoms with Crippen molar-refractivity contribution < 1.29 is 28.3 Å². The minimum atomic E-state index is -1.42. The van der Waals surface area contributed by atoms with Gasteiger partial charge < -0.3 is 20.7 Å². The maximum Gasteiger partial charge on any atom is 0.414 e. The first-order valence-corrected chi connectivity index (χ1v) is 13.4. The number of ether oxygens (including phenoxy) is 1. The number of rotatable bonds is 9. The van der Waals surface area contributed by atoms with Crippen LogP contribution in [0.3, 0.4) is 0 Å². The van der Waals surface area contributed by atoms with Gasteiger partial charge in [-0.2, -0.15) is 15.3 Å². The lowest BCUT2D eigenvalue weighted by Crippen LogP contribution is -2.44. The Morgan fingerprint density at radius 3 is 2.74 bits per heavy atom. The highest BCUT2D eigenvalue weighted by Crippen LogP contribution is 2.30. The lowest BCUT2D eigenvalue weighted by atomic mass is 10.0. The lowest BCUT2D eigenvalue weighted by molar-refractivity contribution is -0.137. The molecule has 0 bridgehead atoms. The monoisotopic (exact) mass is 588 g/mol. The van der Waals surface area contributed by atoms with Crippen molar-refractivity contribution in [2.45, 2.75) is 32.1 Å². The molecular weight excluding hydrogens is 559 g/mol. The molecule has 0 radical (unpaired) electrons. The number of carbonyl (C=O) groups excluding carboxylic acids is 4. The van der Waals surface area contributed by atoms with Crippen LogP contribution in [0.15, 0.2) is 71.7 Å². The summed E-state index contributed by atoms with van der Waals surface area (Å²) in [7, 11) is 0. The van der Waals surface area contributed by atoms with Gasteiger partial charge in [-0.1, -0.05) is 24.8 Å². The number of halogens is 1. The standard InChI is InChI=1S/C29H29FN8O5/c1-3-32-33-14-17(2)18-8-9-22-20(12-18)26(27(31)40)35-38(22)16-25(39)37-15-19(30)13-24(37)28(41)34-21-6-4-5-7-23(21)36-10-11-43-29(36)42/h3-9,12,14,19,24H,1,10-11,13,15-16H2,2H3,(H2,31,40)(H,34,41)/b17-14+,33-32?. The minimum absolute atomic E-state index is 0.0405. The summed E-state index contributed by atoms with van der Waals surface area (Å²) in [6.45, 7) is 5.16. The average Bonchev–Trinajstić information content (AvgIpc) is 3.70. The lowest BCUT2D eigenvalue weighted by Gasteiger charge is -2.25. The molecule has 2 aliphatic heterocycles. The number of hydrogen-bond donors (Lipinski definition) is 2. The average molecular weight is 589 g/mol. The summed E-state index contributed by atoms with van der Waals surface area (Å²) in [5.41, 5.74) is 8.23. The van der Waals surface area contributed by atoms with Crippen molar-refractivity contribution in [3.05, 3.63) is 72.7 Å². The molecule has 3 aromatic rings. The first-order valence-electron chi connectivity index (χ1n) is 13.4. The van der Waals surface area contributed by atoms with Gasteiger partial charge in [0.15, 0.2) is 5.69 Å². The maximum absolute atomic E-state index is 14.6. The third-order valence-electron chi connectivity index (χ3n) is 7.21. The molecule has 0 aliphatic carbocycles. The van der Waals surface area contributed by atoms with Crippen molar-refractivity contribution in [3.8, 4) is 0 Å². The Labute approximate surface area is 245 Å². The zero-order chi connectivity index (χ0) is 30.7. The molecule has 222 valence electrons. The second kappa shape index (κ2) is 12.2. The van der Waals surface area contributed by atoms with Crippen LogP contribution in [0.5, 0.6) is 0 Å². The second-order valence-electron chi connectivity index (χ2n) is 10.00. The van der Waals surface area contributed by atoms with Crippen molar-refractivity contribution in [1.82, 2.24) is 14.7 Å². The van der Waals surface area contributed by atoms with E-state index in [4.69, 9.17) is 10.5 Å². The number of nitrogens with one attached hydrogen (secondary N) is 1. The van der Waals surface area contributed by atoms with E-state index in [1.165, 1.54) is 22.0 Å². The molecule has 2 aliphatic rings. The van der Waals surface area contributed by atoms with Gasteiger partial charge in [0.05, 0.1) is 36.2 Å². The van der Waals surface area contributed by atoms with E-state index in [1.807, 2.05) is 6.92 Å². The van der Waals surface area contributed by atoms with Crippen molar-refractivity contribution in [3.63, 3.8) is 0 Å². The zero-order valence-corrected chi connectivity index (χ0v) is 23.3. The molecule has 2 saturated heterocycles. The van der Waals surface area contributed by atoms with Gasteiger partial charge in [-0.15, -0.1) is 0 Å². The maximum atomic E-state index is 14.6. The van der Waals surface area contributed by atoms with Crippen LogP contribution >= 0.6 is 0 Å². The second-order valence-corrected chi connectivity index (χ2v) is 10.00. The minimum Gasteiger partial charge on any atom is -0.447 e. The number of amides is 4. The first kappa shape index (κ1) is 29.1. The molecule has 4 amide bonds.